The minimum atomic E-state index is -0.233. The van der Waals surface area contributed by atoms with Gasteiger partial charge in [0.1, 0.15) is 0 Å². The second-order valence-electron chi connectivity index (χ2n) is 5.25. The van der Waals surface area contributed by atoms with Crippen molar-refractivity contribution < 1.29 is 4.79 Å². The van der Waals surface area contributed by atoms with Gasteiger partial charge in [-0.2, -0.15) is 0 Å². The van der Waals surface area contributed by atoms with Gasteiger partial charge in [-0.25, -0.2) is 0 Å². The molecule has 3 atom stereocenters. The molecule has 86 valence electrons. The van der Waals surface area contributed by atoms with Crippen LogP contribution in [0.2, 0.25) is 0 Å². The number of carbonyl (C=O) groups is 1. The lowest BCUT2D eigenvalue weighted by molar-refractivity contribution is -0.119. The van der Waals surface area contributed by atoms with Crippen LogP contribution in [0.15, 0.2) is 0 Å². The van der Waals surface area contributed by atoms with Gasteiger partial charge in [0.25, 0.3) is 0 Å². The summed E-state index contributed by atoms with van der Waals surface area (Å²) in [6.45, 7) is 1.86. The molecule has 3 nitrogen and oxygen atoms in total. The maximum absolute atomic E-state index is 11.0. The first-order valence-electron chi connectivity index (χ1n) is 6.22. The highest BCUT2D eigenvalue weighted by molar-refractivity contribution is 5.79. The number of primary amides is 1. The van der Waals surface area contributed by atoms with E-state index in [0.29, 0.717) is 6.04 Å². The lowest BCUT2D eigenvalue weighted by Crippen LogP contribution is -2.46. The summed E-state index contributed by atoms with van der Waals surface area (Å²) in [5.41, 5.74) is 5.26. The number of amides is 1. The Labute approximate surface area is 91.8 Å². The van der Waals surface area contributed by atoms with Crippen molar-refractivity contribution in [1.29, 1.82) is 0 Å². The summed E-state index contributed by atoms with van der Waals surface area (Å²) < 4.78 is 0. The zero-order valence-corrected chi connectivity index (χ0v) is 9.54. The second kappa shape index (κ2) is 4.52. The first-order valence-corrected chi connectivity index (χ1v) is 6.22. The van der Waals surface area contributed by atoms with Gasteiger partial charge in [0.05, 0.1) is 6.04 Å². The van der Waals surface area contributed by atoms with E-state index in [2.05, 4.69) is 5.32 Å². The van der Waals surface area contributed by atoms with Gasteiger partial charge in [0.15, 0.2) is 0 Å². The van der Waals surface area contributed by atoms with E-state index in [1.165, 1.54) is 38.5 Å². The van der Waals surface area contributed by atoms with Gasteiger partial charge in [0, 0.05) is 6.04 Å². The molecule has 0 aromatic heterocycles. The smallest absolute Gasteiger partial charge is 0.234 e. The maximum Gasteiger partial charge on any atom is 0.234 e. The van der Waals surface area contributed by atoms with E-state index in [1.54, 1.807) is 0 Å². The molecule has 1 amide bonds. The summed E-state index contributed by atoms with van der Waals surface area (Å²) in [7, 11) is 0. The minimum absolute atomic E-state index is 0.173. The van der Waals surface area contributed by atoms with E-state index >= 15 is 0 Å². The van der Waals surface area contributed by atoms with Crippen LogP contribution in [0.3, 0.4) is 0 Å². The van der Waals surface area contributed by atoms with Crippen LogP contribution in [0.1, 0.15) is 45.4 Å². The number of rotatable bonds is 4. The van der Waals surface area contributed by atoms with E-state index < -0.39 is 0 Å². The van der Waals surface area contributed by atoms with Crippen molar-refractivity contribution in [3.63, 3.8) is 0 Å². The van der Waals surface area contributed by atoms with Crippen LogP contribution in [0.4, 0.5) is 0 Å². The molecular weight excluding hydrogens is 188 g/mol. The molecular formula is C12H22N2O. The number of nitrogens with two attached hydrogens (primary N) is 1. The van der Waals surface area contributed by atoms with Crippen LogP contribution >= 0.6 is 0 Å². The third kappa shape index (κ3) is 2.94. The fraction of sp³-hybridized carbons (Fsp3) is 0.917. The van der Waals surface area contributed by atoms with Crippen molar-refractivity contribution in [3.05, 3.63) is 0 Å². The van der Waals surface area contributed by atoms with Crippen LogP contribution in [-0.2, 0) is 4.79 Å². The van der Waals surface area contributed by atoms with Gasteiger partial charge in [-0.1, -0.05) is 12.8 Å². The maximum atomic E-state index is 11.0. The van der Waals surface area contributed by atoms with Crippen LogP contribution in [0.25, 0.3) is 0 Å². The van der Waals surface area contributed by atoms with E-state index in [9.17, 15) is 4.79 Å². The molecule has 2 aliphatic carbocycles. The molecule has 0 heterocycles. The number of nitrogens with one attached hydrogen (secondary N) is 1. The van der Waals surface area contributed by atoms with Crippen LogP contribution < -0.4 is 11.1 Å². The molecule has 2 rings (SSSR count). The third-order valence-corrected chi connectivity index (χ3v) is 3.92. The number of carbonyl (C=O) groups excluding carboxylic acids is 1. The molecule has 0 aliphatic heterocycles. The predicted octanol–water partition coefficient (Wildman–Crippen LogP) is 1.42. The van der Waals surface area contributed by atoms with E-state index in [-0.39, 0.29) is 11.9 Å². The molecule has 0 bridgehead atoms. The Bertz CT molecular complexity index is 238. The average Bonchev–Trinajstić information content (AvgIpc) is 3.01. The Hall–Kier alpha value is -0.570. The van der Waals surface area contributed by atoms with Crippen LogP contribution in [-0.4, -0.2) is 18.0 Å². The third-order valence-electron chi connectivity index (χ3n) is 3.92. The van der Waals surface area contributed by atoms with Gasteiger partial charge in [0.2, 0.25) is 5.91 Å². The SMILES string of the molecule is C[C@H](NC1CCCC(C2CC2)C1)C(N)=O. The highest BCUT2D eigenvalue weighted by Crippen LogP contribution is 2.43. The molecule has 0 aromatic carbocycles. The lowest BCUT2D eigenvalue weighted by Gasteiger charge is -2.31. The van der Waals surface area contributed by atoms with E-state index in [4.69, 9.17) is 5.73 Å². The topological polar surface area (TPSA) is 55.1 Å². The summed E-state index contributed by atoms with van der Waals surface area (Å²) in [6.07, 6.45) is 8.03. The zero-order chi connectivity index (χ0) is 10.8. The average molecular weight is 210 g/mol. The standard InChI is InChI=1S/C12H22N2O/c1-8(12(13)15)14-11-4-2-3-10(7-11)9-5-6-9/h8-11,14H,2-7H2,1H3,(H2,13,15)/t8-,10?,11?/m0/s1. The summed E-state index contributed by atoms with van der Waals surface area (Å²) in [5.74, 6) is 1.68. The van der Waals surface area contributed by atoms with Crippen molar-refractivity contribution in [2.45, 2.75) is 57.5 Å². The molecule has 2 saturated carbocycles. The first kappa shape index (κ1) is 10.9. The highest BCUT2D eigenvalue weighted by Gasteiger charge is 2.35. The summed E-state index contributed by atoms with van der Waals surface area (Å²) >= 11 is 0. The normalized spacial score (nSPS) is 33.7. The molecule has 0 aromatic rings. The van der Waals surface area contributed by atoms with Crippen molar-refractivity contribution in [3.8, 4) is 0 Å². The fourth-order valence-corrected chi connectivity index (χ4v) is 2.81. The number of hydrogen-bond donors (Lipinski definition) is 2. The Morgan fingerprint density at radius 2 is 2.00 bits per heavy atom. The Kier molecular flexibility index (Phi) is 3.29. The predicted molar refractivity (Wildman–Crippen MR) is 60.3 cm³/mol. The van der Waals surface area contributed by atoms with Gasteiger partial charge in [-0.05, 0) is 44.4 Å². The molecule has 0 saturated heterocycles. The Morgan fingerprint density at radius 3 is 2.60 bits per heavy atom. The fourth-order valence-electron chi connectivity index (χ4n) is 2.81. The lowest BCUT2D eigenvalue weighted by atomic mass is 9.82. The van der Waals surface area contributed by atoms with Crippen molar-refractivity contribution in [2.75, 3.05) is 0 Å². The van der Waals surface area contributed by atoms with Crippen molar-refractivity contribution in [2.24, 2.45) is 17.6 Å². The Balaban J connectivity index is 1.79. The van der Waals surface area contributed by atoms with Crippen LogP contribution in [0.5, 0.6) is 0 Å². The van der Waals surface area contributed by atoms with Crippen molar-refractivity contribution in [1.82, 2.24) is 5.32 Å². The molecule has 2 unspecified atom stereocenters. The molecule has 3 heteroatoms. The van der Waals surface area contributed by atoms with E-state index in [1.807, 2.05) is 6.92 Å². The van der Waals surface area contributed by atoms with Gasteiger partial charge >= 0.3 is 0 Å². The molecule has 2 aliphatic rings. The van der Waals surface area contributed by atoms with Gasteiger partial charge < -0.3 is 11.1 Å². The largest absolute Gasteiger partial charge is 0.368 e. The molecule has 3 N–H and O–H groups in total. The monoisotopic (exact) mass is 210 g/mol. The second-order valence-corrected chi connectivity index (χ2v) is 5.25. The zero-order valence-electron chi connectivity index (χ0n) is 9.54. The van der Waals surface area contributed by atoms with Gasteiger partial charge in [-0.15, -0.1) is 0 Å². The first-order chi connectivity index (χ1) is 7.16. The van der Waals surface area contributed by atoms with E-state index in [0.717, 1.165) is 11.8 Å². The van der Waals surface area contributed by atoms with Gasteiger partial charge in [-0.3, -0.25) is 4.79 Å². The highest BCUT2D eigenvalue weighted by atomic mass is 16.1. The number of hydrogen-bond acceptors (Lipinski definition) is 2. The summed E-state index contributed by atoms with van der Waals surface area (Å²) in [5, 5.41) is 3.36. The molecule has 15 heavy (non-hydrogen) atoms. The summed E-state index contributed by atoms with van der Waals surface area (Å²) in [4.78, 5) is 11.0. The molecule has 2 fully saturated rings. The minimum Gasteiger partial charge on any atom is -0.368 e. The van der Waals surface area contributed by atoms with Crippen molar-refractivity contribution >= 4 is 5.91 Å². The summed E-state index contributed by atoms with van der Waals surface area (Å²) in [6, 6.07) is 0.347. The quantitative estimate of drug-likeness (QED) is 0.737. The van der Waals surface area contributed by atoms with Crippen LogP contribution in [0, 0.1) is 11.8 Å². The Morgan fingerprint density at radius 1 is 1.27 bits per heavy atom. The molecule has 0 spiro atoms. The molecule has 0 radical (unpaired) electrons.